The molecule has 29 heavy (non-hydrogen) atoms. The second-order valence-electron chi connectivity index (χ2n) is 6.96. The average Bonchev–Trinajstić information content (AvgIpc) is 3.60. The maximum absolute atomic E-state index is 12.1. The van der Waals surface area contributed by atoms with E-state index < -0.39 is 0 Å². The van der Waals surface area contributed by atoms with Gasteiger partial charge in [0.05, 0.1) is 19.1 Å². The van der Waals surface area contributed by atoms with Gasteiger partial charge in [-0.1, -0.05) is 0 Å². The van der Waals surface area contributed by atoms with E-state index in [4.69, 9.17) is 9.47 Å². The molecule has 2 heterocycles. The molecule has 2 aliphatic rings. The molecule has 2 N–H and O–H groups in total. The summed E-state index contributed by atoms with van der Waals surface area (Å²) < 4.78 is 10.9. The molecule has 1 aromatic carbocycles. The molecule has 1 saturated carbocycles. The van der Waals surface area contributed by atoms with Gasteiger partial charge in [0.25, 0.3) is 0 Å². The van der Waals surface area contributed by atoms with Crippen molar-refractivity contribution in [1.82, 2.24) is 15.3 Å². The lowest BCUT2D eigenvalue weighted by molar-refractivity contribution is -0.136. The van der Waals surface area contributed by atoms with E-state index in [1.807, 2.05) is 12.1 Å². The Morgan fingerprint density at radius 2 is 1.86 bits per heavy atom. The molecular weight excluding hydrogens is 374 g/mol. The number of esters is 1. The Balaban J connectivity index is 1.61. The maximum atomic E-state index is 12.1. The molecule has 1 aliphatic heterocycles. The van der Waals surface area contributed by atoms with Gasteiger partial charge in [-0.05, 0) is 37.1 Å². The second kappa shape index (κ2) is 8.44. The zero-order chi connectivity index (χ0) is 20.2. The third-order valence-electron chi connectivity index (χ3n) is 4.77. The third-order valence-corrected chi connectivity index (χ3v) is 4.77. The van der Waals surface area contributed by atoms with Gasteiger partial charge in [-0.25, -0.2) is 9.78 Å². The first kappa shape index (κ1) is 19.1. The predicted molar refractivity (Wildman–Crippen MR) is 107 cm³/mol. The lowest BCUT2D eigenvalue weighted by Crippen LogP contribution is -2.36. The van der Waals surface area contributed by atoms with Crippen molar-refractivity contribution < 1.29 is 19.1 Å². The van der Waals surface area contributed by atoms with E-state index in [2.05, 4.69) is 25.5 Å². The van der Waals surface area contributed by atoms with Crippen LogP contribution in [0.5, 0.6) is 5.88 Å². The van der Waals surface area contributed by atoms with Crippen LogP contribution < -0.4 is 20.3 Å². The van der Waals surface area contributed by atoms with Crippen molar-refractivity contribution in [2.45, 2.75) is 12.8 Å². The molecule has 0 bridgehead atoms. The van der Waals surface area contributed by atoms with Crippen LogP contribution in [-0.2, 0) is 9.53 Å². The minimum atomic E-state index is -0.294. The van der Waals surface area contributed by atoms with E-state index in [1.54, 1.807) is 25.2 Å². The zero-order valence-electron chi connectivity index (χ0n) is 16.2. The third kappa shape index (κ3) is 4.80. The number of morpholine rings is 1. The van der Waals surface area contributed by atoms with Crippen molar-refractivity contribution in [3.63, 3.8) is 0 Å². The van der Waals surface area contributed by atoms with Crippen molar-refractivity contribution in [2.24, 2.45) is 5.92 Å². The number of anilines is 2. The van der Waals surface area contributed by atoms with Gasteiger partial charge in [-0.15, -0.1) is 0 Å². The van der Waals surface area contributed by atoms with Crippen molar-refractivity contribution in [3.05, 3.63) is 30.3 Å². The fourth-order valence-corrected chi connectivity index (χ4v) is 2.95. The second-order valence-corrected chi connectivity index (χ2v) is 6.96. The zero-order valence-corrected chi connectivity index (χ0v) is 16.2. The summed E-state index contributed by atoms with van der Waals surface area (Å²) in [6.45, 7) is 2.66. The smallest absolute Gasteiger partial charge is 0.318 e. The molecule has 2 amide bonds. The Morgan fingerprint density at radius 3 is 2.52 bits per heavy atom. The monoisotopic (exact) mass is 397 g/mol. The lowest BCUT2D eigenvalue weighted by atomic mass is 10.2. The quantitative estimate of drug-likeness (QED) is 0.744. The number of hydrogen-bond donors (Lipinski definition) is 2. The molecule has 2 aromatic rings. The average molecular weight is 397 g/mol. The number of carbonyl (C=O) groups is 2. The summed E-state index contributed by atoms with van der Waals surface area (Å²) in [5, 5.41) is 5.21. The van der Waals surface area contributed by atoms with E-state index in [1.165, 1.54) is 0 Å². The van der Waals surface area contributed by atoms with E-state index in [0.29, 0.717) is 43.6 Å². The Bertz CT molecular complexity index is 892. The molecule has 0 unspecified atom stereocenters. The molecular formula is C20H23N5O4. The van der Waals surface area contributed by atoms with Gasteiger partial charge in [0.2, 0.25) is 5.88 Å². The normalized spacial score (nSPS) is 16.2. The van der Waals surface area contributed by atoms with E-state index >= 15 is 0 Å². The summed E-state index contributed by atoms with van der Waals surface area (Å²) >= 11 is 0. The number of urea groups is 1. The first-order chi connectivity index (χ1) is 14.1. The highest BCUT2D eigenvalue weighted by molar-refractivity contribution is 5.89. The van der Waals surface area contributed by atoms with Crippen molar-refractivity contribution in [2.75, 3.05) is 43.6 Å². The Hall–Kier alpha value is -3.20. The van der Waals surface area contributed by atoms with Crippen LogP contribution in [0.2, 0.25) is 0 Å². The van der Waals surface area contributed by atoms with Crippen molar-refractivity contribution in [1.29, 1.82) is 0 Å². The number of amides is 2. The maximum Gasteiger partial charge on any atom is 0.318 e. The van der Waals surface area contributed by atoms with Gasteiger partial charge < -0.3 is 25.0 Å². The van der Waals surface area contributed by atoms with Crippen LogP contribution in [-0.4, -0.2) is 55.3 Å². The Labute approximate surface area is 168 Å². The summed E-state index contributed by atoms with van der Waals surface area (Å²) in [6.07, 6.45) is 1.74. The number of nitrogens with zero attached hydrogens (tertiary/aromatic N) is 3. The Kier molecular flexibility index (Phi) is 5.57. The minimum Gasteiger partial charge on any atom is -0.407 e. The Morgan fingerprint density at radius 1 is 1.14 bits per heavy atom. The molecule has 152 valence electrons. The van der Waals surface area contributed by atoms with Crippen LogP contribution in [0.1, 0.15) is 12.8 Å². The predicted octanol–water partition coefficient (Wildman–Crippen LogP) is 2.05. The topological polar surface area (TPSA) is 106 Å². The minimum absolute atomic E-state index is 0.0182. The standard InChI is InChI=1S/C20H23N5O4/c1-21-20(27)22-15-6-4-13(5-7-15)18-23-16(25-8-10-28-11-9-25)12-17(24-18)29-19(26)14-2-3-14/h4-7,12,14H,2-3,8-11H2,1H3,(H2,21,22,27). The van der Waals surface area contributed by atoms with Gasteiger partial charge in [0.15, 0.2) is 5.82 Å². The summed E-state index contributed by atoms with van der Waals surface area (Å²) in [7, 11) is 1.55. The molecule has 9 nitrogen and oxygen atoms in total. The van der Waals surface area contributed by atoms with Crippen LogP contribution in [0.3, 0.4) is 0 Å². The van der Waals surface area contributed by atoms with Gasteiger partial charge in [0, 0.05) is 37.5 Å². The number of ether oxygens (including phenoxy) is 2. The van der Waals surface area contributed by atoms with Gasteiger partial charge >= 0.3 is 12.0 Å². The molecule has 1 saturated heterocycles. The van der Waals surface area contributed by atoms with Crippen molar-refractivity contribution >= 4 is 23.5 Å². The first-order valence-electron chi connectivity index (χ1n) is 9.65. The highest BCUT2D eigenvalue weighted by atomic mass is 16.5. The number of carbonyl (C=O) groups excluding carboxylic acids is 2. The molecule has 9 heteroatoms. The summed E-state index contributed by atoms with van der Waals surface area (Å²) in [5.74, 6) is 1.15. The number of rotatable bonds is 5. The highest BCUT2D eigenvalue weighted by Crippen LogP contribution is 2.32. The van der Waals surface area contributed by atoms with Crippen LogP contribution >= 0.6 is 0 Å². The number of aromatic nitrogens is 2. The molecule has 4 rings (SSSR count). The lowest BCUT2D eigenvalue weighted by Gasteiger charge is -2.28. The van der Waals surface area contributed by atoms with Gasteiger partial charge in [0.1, 0.15) is 5.82 Å². The molecule has 0 atom stereocenters. The van der Waals surface area contributed by atoms with E-state index in [9.17, 15) is 9.59 Å². The van der Waals surface area contributed by atoms with Crippen molar-refractivity contribution in [3.8, 4) is 17.3 Å². The van der Waals surface area contributed by atoms with Crippen LogP contribution in [0.15, 0.2) is 30.3 Å². The first-order valence-corrected chi connectivity index (χ1v) is 9.65. The van der Waals surface area contributed by atoms with Crippen LogP contribution in [0.25, 0.3) is 11.4 Å². The van der Waals surface area contributed by atoms with Crippen LogP contribution in [0.4, 0.5) is 16.3 Å². The molecule has 2 fully saturated rings. The number of hydrogen-bond acceptors (Lipinski definition) is 7. The fraction of sp³-hybridized carbons (Fsp3) is 0.400. The summed E-state index contributed by atoms with van der Waals surface area (Å²) in [6, 6.07) is 8.58. The molecule has 0 spiro atoms. The van der Waals surface area contributed by atoms with E-state index in [-0.39, 0.29) is 23.8 Å². The summed E-state index contributed by atoms with van der Waals surface area (Å²) in [5.41, 5.74) is 1.41. The molecule has 1 aliphatic carbocycles. The van der Waals surface area contributed by atoms with Gasteiger partial charge in [-0.3, -0.25) is 4.79 Å². The SMILES string of the molecule is CNC(=O)Nc1ccc(-c2nc(OC(=O)C3CC3)cc(N3CCOCC3)n2)cc1. The number of nitrogens with one attached hydrogen (secondary N) is 2. The van der Waals surface area contributed by atoms with E-state index in [0.717, 1.165) is 18.4 Å². The fourth-order valence-electron chi connectivity index (χ4n) is 2.95. The highest BCUT2D eigenvalue weighted by Gasteiger charge is 2.32. The van der Waals surface area contributed by atoms with Gasteiger partial charge in [-0.2, -0.15) is 4.98 Å². The van der Waals surface area contributed by atoms with Crippen LogP contribution in [0, 0.1) is 5.92 Å². The molecule has 1 aromatic heterocycles. The summed E-state index contributed by atoms with van der Waals surface area (Å²) in [4.78, 5) is 34.8. The number of benzene rings is 1. The molecule has 0 radical (unpaired) electrons. The largest absolute Gasteiger partial charge is 0.407 e.